The van der Waals surface area contributed by atoms with Gasteiger partial charge in [0.05, 0.1) is 7.11 Å². The minimum Gasteiger partial charge on any atom is -0.497 e. The van der Waals surface area contributed by atoms with E-state index < -0.39 is 0 Å². The zero-order valence-corrected chi connectivity index (χ0v) is 16.3. The lowest BCUT2D eigenvalue weighted by atomic mass is 9.92. The Bertz CT molecular complexity index is 1030. The van der Waals surface area contributed by atoms with Crippen LogP contribution in [0.4, 0.5) is 0 Å². The van der Waals surface area contributed by atoms with Crippen LogP contribution in [0.5, 0.6) is 5.75 Å². The fourth-order valence-corrected chi connectivity index (χ4v) is 2.98. The third-order valence-electron chi connectivity index (χ3n) is 4.55. The lowest BCUT2D eigenvalue weighted by Crippen LogP contribution is -2.09. The highest BCUT2D eigenvalue weighted by molar-refractivity contribution is 6.14. The second-order valence-electron chi connectivity index (χ2n) is 6.61. The molecule has 0 bridgehead atoms. The van der Waals surface area contributed by atoms with Crippen LogP contribution >= 0.6 is 0 Å². The number of ether oxygens (including phenoxy) is 1. The number of Topliss-reactive ketones (excluding diaryl/α,β-unsaturated/α-hetero) is 2. The van der Waals surface area contributed by atoms with Gasteiger partial charge >= 0.3 is 0 Å². The number of rotatable bonds is 8. The summed E-state index contributed by atoms with van der Waals surface area (Å²) >= 11 is 0. The van der Waals surface area contributed by atoms with Crippen LogP contribution in [0.2, 0.25) is 0 Å². The molecule has 0 unspecified atom stereocenters. The Kier molecular flexibility index (Phi) is 6.54. The van der Waals surface area contributed by atoms with Crippen LogP contribution in [0.25, 0.3) is 6.08 Å². The second-order valence-corrected chi connectivity index (χ2v) is 6.61. The first kappa shape index (κ1) is 20.0. The number of hydrogen-bond donors (Lipinski definition) is 0. The summed E-state index contributed by atoms with van der Waals surface area (Å²) < 4.78 is 5.19. The van der Waals surface area contributed by atoms with Crippen molar-refractivity contribution in [2.24, 2.45) is 0 Å². The van der Waals surface area contributed by atoms with Gasteiger partial charge < -0.3 is 4.74 Å². The number of methoxy groups -OCH3 is 1. The zero-order valence-electron chi connectivity index (χ0n) is 16.3. The Morgan fingerprint density at radius 1 is 0.793 bits per heavy atom. The number of allylic oxidation sites excluding steroid dienone is 2. The third kappa shape index (κ3) is 5.17. The van der Waals surface area contributed by atoms with Crippen molar-refractivity contribution in [2.75, 3.05) is 7.11 Å². The van der Waals surface area contributed by atoms with Gasteiger partial charge in [-0.1, -0.05) is 79.4 Å². The van der Waals surface area contributed by atoms with Crippen molar-refractivity contribution >= 4 is 17.6 Å². The second kappa shape index (κ2) is 9.47. The molecule has 3 aromatic rings. The van der Waals surface area contributed by atoms with Gasteiger partial charge in [-0.3, -0.25) is 9.59 Å². The van der Waals surface area contributed by atoms with E-state index in [1.165, 1.54) is 0 Å². The number of hydrogen-bond acceptors (Lipinski definition) is 3. The molecule has 144 valence electrons. The lowest BCUT2D eigenvalue weighted by Gasteiger charge is -2.10. The zero-order chi connectivity index (χ0) is 20.6. The molecular formula is C26H22O3. The van der Waals surface area contributed by atoms with Crippen LogP contribution in [0.1, 0.15) is 32.7 Å². The molecule has 0 atom stereocenters. The van der Waals surface area contributed by atoms with Gasteiger partial charge in [0, 0.05) is 23.1 Å². The van der Waals surface area contributed by atoms with E-state index in [9.17, 15) is 9.59 Å². The molecule has 0 aliphatic rings. The van der Waals surface area contributed by atoms with Crippen molar-refractivity contribution in [3.63, 3.8) is 0 Å². The average molecular weight is 382 g/mol. The van der Waals surface area contributed by atoms with Crippen molar-refractivity contribution in [3.8, 4) is 5.75 Å². The molecule has 3 heteroatoms. The van der Waals surface area contributed by atoms with Gasteiger partial charge in [0.25, 0.3) is 0 Å². The van der Waals surface area contributed by atoms with E-state index in [1.807, 2.05) is 60.7 Å². The van der Waals surface area contributed by atoms with Crippen LogP contribution in [0.15, 0.2) is 103 Å². The van der Waals surface area contributed by atoms with Gasteiger partial charge in [-0.2, -0.15) is 0 Å². The number of benzene rings is 3. The van der Waals surface area contributed by atoms with E-state index in [2.05, 4.69) is 6.58 Å². The quantitative estimate of drug-likeness (QED) is 0.366. The van der Waals surface area contributed by atoms with E-state index in [4.69, 9.17) is 4.74 Å². The first-order valence-electron chi connectivity index (χ1n) is 9.30. The highest BCUT2D eigenvalue weighted by Gasteiger charge is 2.17. The Balaban J connectivity index is 1.91. The molecule has 3 nitrogen and oxygen atoms in total. The fraction of sp³-hybridized carbons (Fsp3) is 0.0769. The Hall–Kier alpha value is -3.72. The van der Waals surface area contributed by atoms with Crippen LogP contribution in [0.3, 0.4) is 0 Å². The standard InChI is InChI=1S/C26H22O3/c1-19(25(27)21-9-5-3-6-10-21)17-23(26(28)22-11-7-4-8-12-22)18-20-13-15-24(29-2)16-14-20/h3-16,18H,1,17H2,2H3/b23-18+. The van der Waals surface area contributed by atoms with Gasteiger partial charge in [-0.15, -0.1) is 0 Å². The summed E-state index contributed by atoms with van der Waals surface area (Å²) in [4.78, 5) is 25.8. The third-order valence-corrected chi connectivity index (χ3v) is 4.55. The molecule has 0 aliphatic heterocycles. The van der Waals surface area contributed by atoms with E-state index in [0.29, 0.717) is 22.3 Å². The predicted molar refractivity (Wildman–Crippen MR) is 116 cm³/mol. The molecule has 0 amide bonds. The Morgan fingerprint density at radius 3 is 1.83 bits per heavy atom. The fourth-order valence-electron chi connectivity index (χ4n) is 2.98. The minimum atomic E-state index is -0.160. The van der Waals surface area contributed by atoms with Crippen LogP contribution in [-0.2, 0) is 0 Å². The molecule has 0 aromatic heterocycles. The van der Waals surface area contributed by atoms with E-state index in [0.717, 1.165) is 11.3 Å². The van der Waals surface area contributed by atoms with Gasteiger partial charge in [-0.05, 0) is 29.3 Å². The summed E-state index contributed by atoms with van der Waals surface area (Å²) in [7, 11) is 1.61. The molecule has 0 N–H and O–H groups in total. The maximum Gasteiger partial charge on any atom is 0.189 e. The highest BCUT2D eigenvalue weighted by Crippen LogP contribution is 2.22. The maximum atomic E-state index is 13.1. The molecule has 0 aliphatic carbocycles. The Morgan fingerprint density at radius 2 is 1.31 bits per heavy atom. The summed E-state index contributed by atoms with van der Waals surface area (Å²) in [5, 5.41) is 0. The normalized spacial score (nSPS) is 11.0. The van der Waals surface area contributed by atoms with Crippen molar-refractivity contribution in [3.05, 3.63) is 119 Å². The lowest BCUT2D eigenvalue weighted by molar-refractivity contribution is 0.102. The van der Waals surface area contributed by atoms with E-state index in [-0.39, 0.29) is 18.0 Å². The molecular weight excluding hydrogens is 360 g/mol. The monoisotopic (exact) mass is 382 g/mol. The maximum absolute atomic E-state index is 13.1. The summed E-state index contributed by atoms with van der Waals surface area (Å²) in [5.41, 5.74) is 2.88. The highest BCUT2D eigenvalue weighted by atomic mass is 16.5. The molecule has 0 spiro atoms. The van der Waals surface area contributed by atoms with Gasteiger partial charge in [0.2, 0.25) is 0 Å². The number of ketones is 2. The molecule has 0 saturated heterocycles. The van der Waals surface area contributed by atoms with Gasteiger partial charge in [0.1, 0.15) is 5.75 Å². The van der Waals surface area contributed by atoms with Gasteiger partial charge in [0.15, 0.2) is 11.6 Å². The SMILES string of the molecule is C=C(C/C(=C\c1ccc(OC)cc1)C(=O)c1ccccc1)C(=O)c1ccccc1. The van der Waals surface area contributed by atoms with E-state index in [1.54, 1.807) is 37.5 Å². The van der Waals surface area contributed by atoms with Gasteiger partial charge in [-0.25, -0.2) is 0 Å². The molecule has 0 saturated carbocycles. The Labute approximate surface area is 171 Å². The van der Waals surface area contributed by atoms with Crippen LogP contribution in [-0.4, -0.2) is 18.7 Å². The van der Waals surface area contributed by atoms with Crippen LogP contribution < -0.4 is 4.74 Å². The first-order chi connectivity index (χ1) is 14.1. The van der Waals surface area contributed by atoms with E-state index >= 15 is 0 Å². The van der Waals surface area contributed by atoms with Crippen LogP contribution in [0, 0.1) is 0 Å². The topological polar surface area (TPSA) is 43.4 Å². The molecule has 0 radical (unpaired) electrons. The molecule has 3 rings (SSSR count). The van der Waals surface area contributed by atoms with Crippen molar-refractivity contribution in [1.82, 2.24) is 0 Å². The number of carbonyl (C=O) groups excluding carboxylic acids is 2. The molecule has 3 aromatic carbocycles. The smallest absolute Gasteiger partial charge is 0.189 e. The predicted octanol–water partition coefficient (Wildman–Crippen LogP) is 5.79. The summed E-state index contributed by atoms with van der Waals surface area (Å²) in [6, 6.07) is 25.4. The van der Waals surface area contributed by atoms with Crippen molar-refractivity contribution in [2.45, 2.75) is 6.42 Å². The minimum absolute atomic E-state index is 0.122. The largest absolute Gasteiger partial charge is 0.497 e. The average Bonchev–Trinajstić information content (AvgIpc) is 2.79. The molecule has 0 fully saturated rings. The summed E-state index contributed by atoms with van der Waals surface area (Å²) in [5.74, 6) is 0.456. The summed E-state index contributed by atoms with van der Waals surface area (Å²) in [6.07, 6.45) is 1.98. The summed E-state index contributed by atoms with van der Waals surface area (Å²) in [6.45, 7) is 3.95. The first-order valence-corrected chi connectivity index (χ1v) is 9.30. The van der Waals surface area contributed by atoms with Crippen molar-refractivity contribution in [1.29, 1.82) is 0 Å². The molecule has 29 heavy (non-hydrogen) atoms. The molecule has 0 heterocycles. The number of carbonyl (C=O) groups is 2. The van der Waals surface area contributed by atoms with Crippen molar-refractivity contribution < 1.29 is 14.3 Å².